The van der Waals surface area contributed by atoms with Gasteiger partial charge in [0.25, 0.3) is 0 Å². The Hall–Kier alpha value is -4.24. The molecule has 1 rings (SSSR count). The zero-order valence-corrected chi connectivity index (χ0v) is 20.6. The summed E-state index contributed by atoms with van der Waals surface area (Å²) in [5.74, 6) is -6.72. The molecule has 1 aromatic carbocycles. The summed E-state index contributed by atoms with van der Waals surface area (Å²) < 4.78 is 0. The number of nitrogens with two attached hydrogens (primary N) is 3. The number of primary amides is 1. The third kappa shape index (κ3) is 11.7. The van der Waals surface area contributed by atoms with E-state index in [9.17, 15) is 44.1 Å². The smallest absolute Gasteiger partial charge is 0.326 e. The van der Waals surface area contributed by atoms with E-state index in [0.29, 0.717) is 18.4 Å². The molecular formula is C23H34N6O9. The summed E-state index contributed by atoms with van der Waals surface area (Å²) in [5, 5.41) is 34.6. The van der Waals surface area contributed by atoms with E-state index in [-0.39, 0.29) is 25.1 Å². The van der Waals surface area contributed by atoms with Crippen LogP contribution in [-0.4, -0.2) is 81.6 Å². The predicted octanol–water partition coefficient (Wildman–Crippen LogP) is -2.72. The average Bonchev–Trinajstić information content (AvgIpc) is 2.83. The molecule has 4 amide bonds. The fourth-order valence-electron chi connectivity index (χ4n) is 3.35. The van der Waals surface area contributed by atoms with E-state index < -0.39 is 72.6 Å². The highest BCUT2D eigenvalue weighted by Gasteiger charge is 2.31. The first kappa shape index (κ1) is 31.8. The van der Waals surface area contributed by atoms with Crippen molar-refractivity contribution in [3.63, 3.8) is 0 Å². The Kier molecular flexibility index (Phi) is 13.2. The SMILES string of the molecule is NCCCCC(NC(=O)C(CC(=O)O)NC(=O)C(N)Cc1ccc(O)cc1)C(=O)NC(CC(N)=O)C(=O)O. The molecule has 0 bridgehead atoms. The van der Waals surface area contributed by atoms with Crippen LogP contribution < -0.4 is 33.2 Å². The quantitative estimate of drug-likeness (QED) is 0.0918. The number of carbonyl (C=O) groups excluding carboxylic acids is 4. The molecule has 0 aliphatic rings. The van der Waals surface area contributed by atoms with Crippen LogP contribution in [0, 0.1) is 0 Å². The molecule has 0 heterocycles. The number of hydrogen-bond donors (Lipinski definition) is 9. The number of nitrogens with one attached hydrogen (secondary N) is 3. The molecule has 1 aromatic rings. The van der Waals surface area contributed by atoms with Crippen LogP contribution in [-0.2, 0) is 35.2 Å². The summed E-state index contributed by atoms with van der Waals surface area (Å²) in [7, 11) is 0. The van der Waals surface area contributed by atoms with Crippen LogP contribution in [0.4, 0.5) is 0 Å². The van der Waals surface area contributed by atoms with E-state index in [2.05, 4.69) is 16.0 Å². The Morgan fingerprint density at radius 1 is 0.789 bits per heavy atom. The molecule has 15 heteroatoms. The average molecular weight is 539 g/mol. The number of phenols is 1. The summed E-state index contributed by atoms with van der Waals surface area (Å²) in [5.41, 5.74) is 17.0. The van der Waals surface area contributed by atoms with E-state index in [1.165, 1.54) is 24.3 Å². The van der Waals surface area contributed by atoms with Gasteiger partial charge in [-0.25, -0.2) is 4.79 Å². The third-order valence-electron chi connectivity index (χ3n) is 5.34. The third-order valence-corrected chi connectivity index (χ3v) is 5.34. The topological polar surface area (TPSA) is 277 Å². The zero-order chi connectivity index (χ0) is 28.8. The Bertz CT molecular complexity index is 1000. The monoisotopic (exact) mass is 538 g/mol. The maximum atomic E-state index is 12.9. The Labute approximate surface area is 218 Å². The van der Waals surface area contributed by atoms with Gasteiger partial charge < -0.3 is 48.5 Å². The fraction of sp³-hybridized carbons (Fsp3) is 0.478. The number of phenolic OH excluding ortho intramolecular Hbond substituents is 1. The van der Waals surface area contributed by atoms with Crippen molar-refractivity contribution in [3.05, 3.63) is 29.8 Å². The largest absolute Gasteiger partial charge is 0.508 e. The van der Waals surface area contributed by atoms with Crippen molar-refractivity contribution in [1.29, 1.82) is 0 Å². The van der Waals surface area contributed by atoms with Crippen molar-refractivity contribution in [2.24, 2.45) is 17.2 Å². The van der Waals surface area contributed by atoms with E-state index >= 15 is 0 Å². The summed E-state index contributed by atoms with van der Waals surface area (Å²) in [6.45, 7) is 0.276. The molecule has 0 saturated carbocycles. The highest BCUT2D eigenvalue weighted by atomic mass is 16.4. The molecule has 0 radical (unpaired) electrons. The van der Waals surface area contributed by atoms with Crippen molar-refractivity contribution in [2.75, 3.05) is 6.54 Å². The van der Waals surface area contributed by atoms with Crippen molar-refractivity contribution in [2.45, 2.75) is 62.7 Å². The van der Waals surface area contributed by atoms with Crippen LogP contribution in [0.3, 0.4) is 0 Å². The second-order valence-corrected chi connectivity index (χ2v) is 8.55. The molecular weight excluding hydrogens is 504 g/mol. The summed E-state index contributed by atoms with van der Waals surface area (Å²) in [6, 6.07) is 0.107. The first-order chi connectivity index (χ1) is 17.8. The summed E-state index contributed by atoms with van der Waals surface area (Å²) >= 11 is 0. The van der Waals surface area contributed by atoms with Crippen molar-refractivity contribution >= 4 is 35.6 Å². The van der Waals surface area contributed by atoms with Crippen LogP contribution >= 0.6 is 0 Å². The minimum Gasteiger partial charge on any atom is -0.508 e. The van der Waals surface area contributed by atoms with Gasteiger partial charge in [-0.2, -0.15) is 0 Å². The van der Waals surface area contributed by atoms with Gasteiger partial charge in [-0.05, 0) is 49.9 Å². The summed E-state index contributed by atoms with van der Waals surface area (Å²) in [6.07, 6.45) is -0.693. The number of aromatic hydroxyl groups is 1. The lowest BCUT2D eigenvalue weighted by atomic mass is 10.0. The standard InChI is InChI=1S/C23H34N6O9/c24-8-2-1-3-15(21(35)29-17(23(37)38)10-18(26)31)27-22(36)16(11-19(32)33)28-20(34)14(25)9-12-4-6-13(30)7-5-12/h4-7,14-17,30H,1-3,8-11,24-25H2,(H2,26,31)(H,27,36)(H,28,34)(H,29,35)(H,32,33)(H,37,38). The Balaban J connectivity index is 2.99. The van der Waals surface area contributed by atoms with Crippen molar-refractivity contribution in [1.82, 2.24) is 16.0 Å². The number of rotatable bonds is 17. The molecule has 0 aromatic heterocycles. The van der Waals surface area contributed by atoms with Crippen LogP contribution in [0.25, 0.3) is 0 Å². The van der Waals surface area contributed by atoms with Crippen LogP contribution in [0.2, 0.25) is 0 Å². The lowest BCUT2D eigenvalue weighted by molar-refractivity contribution is -0.144. The van der Waals surface area contributed by atoms with Crippen LogP contribution in [0.15, 0.2) is 24.3 Å². The first-order valence-corrected chi connectivity index (χ1v) is 11.7. The number of carbonyl (C=O) groups is 6. The second kappa shape index (κ2) is 15.8. The molecule has 0 aliphatic carbocycles. The number of aliphatic carboxylic acids is 2. The van der Waals surface area contributed by atoms with Gasteiger partial charge in [0.05, 0.1) is 18.9 Å². The zero-order valence-electron chi connectivity index (χ0n) is 20.6. The second-order valence-electron chi connectivity index (χ2n) is 8.55. The van der Waals surface area contributed by atoms with Gasteiger partial charge in [-0.1, -0.05) is 12.1 Å². The minimum absolute atomic E-state index is 0.00574. The summed E-state index contributed by atoms with van der Waals surface area (Å²) in [4.78, 5) is 72.2. The van der Waals surface area contributed by atoms with Gasteiger partial charge in [-0.3, -0.25) is 24.0 Å². The number of carboxylic acid groups (broad SMARTS) is 2. The van der Waals surface area contributed by atoms with E-state index in [0.717, 1.165) is 0 Å². The molecule has 38 heavy (non-hydrogen) atoms. The van der Waals surface area contributed by atoms with E-state index in [4.69, 9.17) is 17.2 Å². The molecule has 210 valence electrons. The molecule has 12 N–H and O–H groups in total. The van der Waals surface area contributed by atoms with Gasteiger partial charge >= 0.3 is 11.9 Å². The van der Waals surface area contributed by atoms with E-state index in [1.807, 2.05) is 0 Å². The number of carboxylic acids is 2. The number of hydrogen-bond acceptors (Lipinski definition) is 9. The molecule has 0 aliphatic heterocycles. The van der Waals surface area contributed by atoms with Gasteiger partial charge in [0.1, 0.15) is 23.9 Å². The van der Waals surface area contributed by atoms with Crippen molar-refractivity contribution < 1.29 is 44.1 Å². The highest BCUT2D eigenvalue weighted by molar-refractivity contribution is 5.96. The number of benzene rings is 1. The van der Waals surface area contributed by atoms with Gasteiger partial charge in [0, 0.05) is 0 Å². The van der Waals surface area contributed by atoms with Gasteiger partial charge in [-0.15, -0.1) is 0 Å². The minimum atomic E-state index is -1.65. The normalized spacial score (nSPS) is 13.8. The van der Waals surface area contributed by atoms with Gasteiger partial charge in [0.15, 0.2) is 0 Å². The van der Waals surface area contributed by atoms with Crippen LogP contribution in [0.1, 0.15) is 37.7 Å². The van der Waals surface area contributed by atoms with E-state index in [1.54, 1.807) is 0 Å². The predicted molar refractivity (Wildman–Crippen MR) is 132 cm³/mol. The van der Waals surface area contributed by atoms with Crippen LogP contribution in [0.5, 0.6) is 5.75 Å². The lowest BCUT2D eigenvalue weighted by Crippen LogP contribution is -2.57. The van der Waals surface area contributed by atoms with Crippen molar-refractivity contribution in [3.8, 4) is 5.75 Å². The maximum absolute atomic E-state index is 12.9. The molecule has 0 fully saturated rings. The molecule has 4 unspecified atom stereocenters. The number of amides is 4. The van der Waals surface area contributed by atoms with Gasteiger partial charge in [0.2, 0.25) is 23.6 Å². The Morgan fingerprint density at radius 3 is 1.87 bits per heavy atom. The fourth-order valence-corrected chi connectivity index (χ4v) is 3.35. The lowest BCUT2D eigenvalue weighted by Gasteiger charge is -2.24. The molecule has 15 nitrogen and oxygen atoms in total. The molecule has 0 saturated heterocycles. The molecule has 4 atom stereocenters. The highest BCUT2D eigenvalue weighted by Crippen LogP contribution is 2.11. The first-order valence-electron chi connectivity index (χ1n) is 11.7. The maximum Gasteiger partial charge on any atom is 0.326 e. The molecule has 0 spiro atoms. The number of unbranched alkanes of at least 4 members (excludes halogenated alkanes) is 1. The Morgan fingerprint density at radius 2 is 1.34 bits per heavy atom.